The van der Waals surface area contributed by atoms with Crippen LogP contribution in [0, 0.1) is 0 Å². The van der Waals surface area contributed by atoms with Crippen LogP contribution in [-0.4, -0.2) is 41.9 Å². The fourth-order valence-electron chi connectivity index (χ4n) is 1.45. The molecule has 6 N–H and O–H groups in total. The Balaban J connectivity index is 2.86. The van der Waals surface area contributed by atoms with E-state index >= 15 is 0 Å². The highest BCUT2D eigenvalue weighted by molar-refractivity contribution is 6.00. The normalized spacial score (nSPS) is 11.9. The molecule has 0 aliphatic rings. The Morgan fingerprint density at radius 3 is 2.83 bits per heavy atom. The zero-order valence-corrected chi connectivity index (χ0v) is 10.3. The van der Waals surface area contributed by atoms with Gasteiger partial charge in [-0.25, -0.2) is 0 Å². The number of carbonyl (C=O) groups is 1. The van der Waals surface area contributed by atoms with Crippen LogP contribution in [-0.2, 0) is 0 Å². The molecular weight excluding hydrogens is 234 g/mol. The molecule has 1 aromatic rings. The van der Waals surface area contributed by atoms with Crippen molar-refractivity contribution < 1.29 is 15.0 Å². The van der Waals surface area contributed by atoms with E-state index in [0.29, 0.717) is 23.5 Å². The summed E-state index contributed by atoms with van der Waals surface area (Å²) in [6, 6.07) is 4.88. The fourth-order valence-corrected chi connectivity index (χ4v) is 1.45. The van der Waals surface area contributed by atoms with Crippen molar-refractivity contribution in [3.05, 3.63) is 23.8 Å². The Kier molecular flexibility index (Phi) is 5.41. The summed E-state index contributed by atoms with van der Waals surface area (Å²) in [6.45, 7) is 2.16. The molecule has 18 heavy (non-hydrogen) atoms. The molecule has 1 unspecified atom stereocenters. The lowest BCUT2D eigenvalue weighted by atomic mass is 10.1. The predicted molar refractivity (Wildman–Crippen MR) is 70.4 cm³/mol. The van der Waals surface area contributed by atoms with Crippen molar-refractivity contribution in [3.63, 3.8) is 0 Å². The first-order valence-corrected chi connectivity index (χ1v) is 5.79. The number of nitrogens with one attached hydrogen (secondary N) is 2. The van der Waals surface area contributed by atoms with Crippen LogP contribution in [0.4, 0.5) is 11.4 Å². The van der Waals surface area contributed by atoms with Gasteiger partial charge in [-0.15, -0.1) is 0 Å². The second kappa shape index (κ2) is 6.83. The van der Waals surface area contributed by atoms with Gasteiger partial charge in [-0.3, -0.25) is 4.79 Å². The summed E-state index contributed by atoms with van der Waals surface area (Å²) < 4.78 is 0. The molecule has 0 aromatic heterocycles. The second-order valence-corrected chi connectivity index (χ2v) is 3.88. The minimum atomic E-state index is -0.881. The molecule has 0 fully saturated rings. The molecule has 6 heteroatoms. The minimum absolute atomic E-state index is 0.145. The van der Waals surface area contributed by atoms with Gasteiger partial charge >= 0.3 is 0 Å². The molecule has 0 saturated carbocycles. The van der Waals surface area contributed by atoms with Crippen LogP contribution in [0.1, 0.15) is 17.3 Å². The molecule has 1 rings (SSSR count). The first kappa shape index (κ1) is 14.3. The fraction of sp³-hybridized carbons (Fsp3) is 0.417. The highest BCUT2D eigenvalue weighted by atomic mass is 16.3. The summed E-state index contributed by atoms with van der Waals surface area (Å²) in [6.07, 6.45) is -0.881. The number of anilines is 2. The Morgan fingerprint density at radius 2 is 2.22 bits per heavy atom. The van der Waals surface area contributed by atoms with E-state index in [1.807, 2.05) is 6.92 Å². The van der Waals surface area contributed by atoms with Crippen LogP contribution in [0.3, 0.4) is 0 Å². The van der Waals surface area contributed by atoms with Gasteiger partial charge in [0.2, 0.25) is 0 Å². The number of hydrogen-bond acceptors (Lipinski definition) is 5. The number of nitrogen functional groups attached to an aromatic ring is 1. The summed E-state index contributed by atoms with van der Waals surface area (Å²) in [7, 11) is 0. The Hall–Kier alpha value is -1.79. The quantitative estimate of drug-likeness (QED) is 0.451. The number of amides is 1. The number of benzene rings is 1. The smallest absolute Gasteiger partial charge is 0.253 e. The van der Waals surface area contributed by atoms with E-state index < -0.39 is 6.10 Å². The van der Waals surface area contributed by atoms with Gasteiger partial charge in [-0.1, -0.05) is 0 Å². The summed E-state index contributed by atoms with van der Waals surface area (Å²) in [5.41, 5.74) is 7.16. The summed E-state index contributed by atoms with van der Waals surface area (Å²) in [4.78, 5) is 11.8. The topological polar surface area (TPSA) is 108 Å². The average Bonchev–Trinajstić information content (AvgIpc) is 2.36. The first-order valence-electron chi connectivity index (χ1n) is 5.79. The van der Waals surface area contributed by atoms with Crippen molar-refractivity contribution in [2.45, 2.75) is 13.0 Å². The first-order chi connectivity index (χ1) is 8.58. The number of aliphatic hydroxyl groups is 2. The molecule has 0 bridgehead atoms. The van der Waals surface area contributed by atoms with E-state index in [0.717, 1.165) is 0 Å². The van der Waals surface area contributed by atoms with Crippen LogP contribution >= 0.6 is 0 Å². The minimum Gasteiger partial charge on any atom is -0.399 e. The van der Waals surface area contributed by atoms with Gasteiger partial charge in [0.05, 0.1) is 18.3 Å². The van der Waals surface area contributed by atoms with Crippen LogP contribution in [0.15, 0.2) is 18.2 Å². The van der Waals surface area contributed by atoms with Gasteiger partial charge in [-0.05, 0) is 25.1 Å². The van der Waals surface area contributed by atoms with E-state index in [2.05, 4.69) is 10.6 Å². The zero-order chi connectivity index (χ0) is 13.5. The van der Waals surface area contributed by atoms with Gasteiger partial charge < -0.3 is 26.6 Å². The third-order valence-electron chi connectivity index (χ3n) is 2.36. The lowest BCUT2D eigenvalue weighted by Crippen LogP contribution is -2.27. The summed E-state index contributed by atoms with van der Waals surface area (Å²) in [5.74, 6) is -0.210. The van der Waals surface area contributed by atoms with Gasteiger partial charge in [0.15, 0.2) is 0 Å². The third kappa shape index (κ3) is 3.90. The molecular formula is C12H19N3O3. The van der Waals surface area contributed by atoms with E-state index in [9.17, 15) is 9.90 Å². The van der Waals surface area contributed by atoms with Gasteiger partial charge in [0.25, 0.3) is 5.91 Å². The summed E-state index contributed by atoms with van der Waals surface area (Å²) in [5, 5.41) is 23.6. The number of aliphatic hydroxyl groups excluding tert-OH is 2. The molecule has 1 amide bonds. The Morgan fingerprint density at radius 1 is 1.50 bits per heavy atom. The van der Waals surface area contributed by atoms with Crippen molar-refractivity contribution >= 4 is 17.3 Å². The van der Waals surface area contributed by atoms with E-state index in [4.69, 9.17) is 10.8 Å². The lowest BCUT2D eigenvalue weighted by molar-refractivity contribution is 0.0955. The molecule has 0 aliphatic carbocycles. The van der Waals surface area contributed by atoms with Crippen LogP contribution < -0.4 is 16.4 Å². The van der Waals surface area contributed by atoms with Crippen molar-refractivity contribution in [2.24, 2.45) is 0 Å². The molecule has 0 radical (unpaired) electrons. The molecule has 1 atom stereocenters. The molecule has 1 aromatic carbocycles. The number of carbonyl (C=O) groups excluding carboxylic acids is 1. The molecule has 6 nitrogen and oxygen atoms in total. The standard InChI is InChI=1S/C12H19N3O3/c1-2-14-12(18)10-4-3-8(13)5-11(10)15-6-9(17)7-16/h3-5,9,15-17H,2,6-7,13H2,1H3,(H,14,18). The van der Waals surface area contributed by atoms with Gasteiger partial charge in [-0.2, -0.15) is 0 Å². The highest BCUT2D eigenvalue weighted by Crippen LogP contribution is 2.19. The largest absolute Gasteiger partial charge is 0.399 e. The Labute approximate surface area is 106 Å². The van der Waals surface area contributed by atoms with Crippen LogP contribution in [0.25, 0.3) is 0 Å². The van der Waals surface area contributed by atoms with E-state index in [1.165, 1.54) is 0 Å². The monoisotopic (exact) mass is 253 g/mol. The zero-order valence-electron chi connectivity index (χ0n) is 10.3. The van der Waals surface area contributed by atoms with E-state index in [1.54, 1.807) is 18.2 Å². The number of hydrogen-bond donors (Lipinski definition) is 5. The Bertz CT molecular complexity index is 410. The summed E-state index contributed by atoms with van der Waals surface area (Å²) >= 11 is 0. The number of rotatable bonds is 6. The molecule has 0 heterocycles. The van der Waals surface area contributed by atoms with Crippen molar-refractivity contribution in [2.75, 3.05) is 30.7 Å². The molecule has 100 valence electrons. The molecule has 0 saturated heterocycles. The van der Waals surface area contributed by atoms with Gasteiger partial charge in [0, 0.05) is 24.5 Å². The molecule has 0 spiro atoms. The lowest BCUT2D eigenvalue weighted by Gasteiger charge is -2.14. The maximum atomic E-state index is 11.8. The maximum absolute atomic E-state index is 11.8. The SMILES string of the molecule is CCNC(=O)c1ccc(N)cc1NCC(O)CO. The van der Waals surface area contributed by atoms with Crippen molar-refractivity contribution in [1.82, 2.24) is 5.32 Å². The average molecular weight is 253 g/mol. The predicted octanol–water partition coefficient (Wildman–Crippen LogP) is -0.216. The number of nitrogens with two attached hydrogens (primary N) is 1. The van der Waals surface area contributed by atoms with Crippen LogP contribution in [0.5, 0.6) is 0 Å². The van der Waals surface area contributed by atoms with Crippen molar-refractivity contribution in [3.8, 4) is 0 Å². The van der Waals surface area contributed by atoms with Crippen LogP contribution in [0.2, 0.25) is 0 Å². The van der Waals surface area contributed by atoms with E-state index in [-0.39, 0.29) is 19.1 Å². The maximum Gasteiger partial charge on any atom is 0.253 e. The van der Waals surface area contributed by atoms with Crippen molar-refractivity contribution in [1.29, 1.82) is 0 Å². The molecule has 0 aliphatic heterocycles. The second-order valence-electron chi connectivity index (χ2n) is 3.88. The van der Waals surface area contributed by atoms with Gasteiger partial charge in [0.1, 0.15) is 0 Å². The third-order valence-corrected chi connectivity index (χ3v) is 2.36. The highest BCUT2D eigenvalue weighted by Gasteiger charge is 2.11.